The first-order valence-electron chi connectivity index (χ1n) is 4.16. The van der Waals surface area contributed by atoms with Gasteiger partial charge in [0.15, 0.2) is 0 Å². The van der Waals surface area contributed by atoms with E-state index in [1.807, 2.05) is 0 Å². The van der Waals surface area contributed by atoms with Crippen LogP contribution in [-0.4, -0.2) is 26.7 Å². The van der Waals surface area contributed by atoms with Crippen molar-refractivity contribution in [2.24, 2.45) is 12.8 Å². The summed E-state index contributed by atoms with van der Waals surface area (Å²) in [5.41, 5.74) is 5.55. The van der Waals surface area contributed by atoms with E-state index in [4.69, 9.17) is 5.73 Å². The number of anilines is 1. The number of aryl methyl sites for hydroxylation is 1. The number of nitrogens with one attached hydrogen (secondary N) is 1. The molecule has 0 spiro atoms. The molecule has 1 amide bonds. The molecular formula is C8H13N5O. The summed E-state index contributed by atoms with van der Waals surface area (Å²) in [6, 6.07) is -0.593. The molecule has 0 aromatic carbocycles. The predicted molar refractivity (Wildman–Crippen MR) is 52.4 cm³/mol. The van der Waals surface area contributed by atoms with Crippen LogP contribution < -0.4 is 11.1 Å². The molecule has 0 aliphatic rings. The lowest BCUT2D eigenvalue weighted by molar-refractivity contribution is -0.117. The minimum Gasteiger partial charge on any atom is -0.320 e. The van der Waals surface area contributed by atoms with Crippen LogP contribution in [0.25, 0.3) is 0 Å². The molecule has 0 saturated heterocycles. The molecule has 0 radical (unpaired) electrons. The molecule has 3 N–H and O–H groups in total. The summed E-state index contributed by atoms with van der Waals surface area (Å²) in [4.78, 5) is 15.2. The minimum absolute atomic E-state index is 0.291. The van der Waals surface area contributed by atoms with E-state index in [2.05, 4.69) is 22.0 Å². The van der Waals surface area contributed by atoms with Gasteiger partial charge in [0.2, 0.25) is 11.9 Å². The Kier molecular flexibility index (Phi) is 3.35. The smallest absolute Gasteiger partial charge is 0.243 e. The van der Waals surface area contributed by atoms with Gasteiger partial charge in [-0.1, -0.05) is 6.08 Å². The Hall–Kier alpha value is -1.69. The zero-order valence-corrected chi connectivity index (χ0v) is 7.97. The van der Waals surface area contributed by atoms with Crippen LogP contribution >= 0.6 is 0 Å². The molecule has 0 saturated carbocycles. The van der Waals surface area contributed by atoms with Gasteiger partial charge in [-0.25, -0.2) is 4.68 Å². The lowest BCUT2D eigenvalue weighted by atomic mass is 10.2. The summed E-state index contributed by atoms with van der Waals surface area (Å²) in [6.07, 6.45) is 3.39. The monoisotopic (exact) mass is 195 g/mol. The number of aromatic nitrogens is 3. The summed E-state index contributed by atoms with van der Waals surface area (Å²) in [5, 5.41) is 6.36. The molecule has 1 unspecified atom stereocenters. The highest BCUT2D eigenvalue weighted by molar-refractivity contribution is 5.93. The summed E-state index contributed by atoms with van der Waals surface area (Å²) < 4.78 is 1.46. The molecule has 1 aromatic heterocycles. The van der Waals surface area contributed by atoms with Gasteiger partial charge in [-0.05, 0) is 6.42 Å². The highest BCUT2D eigenvalue weighted by Crippen LogP contribution is 1.99. The Morgan fingerprint density at radius 3 is 3.14 bits per heavy atom. The Bertz CT molecular complexity index is 332. The van der Waals surface area contributed by atoms with E-state index in [0.717, 1.165) is 0 Å². The first-order valence-corrected chi connectivity index (χ1v) is 4.16. The number of nitrogens with zero attached hydrogens (tertiary/aromatic N) is 3. The molecule has 1 heterocycles. The Labute approximate surface area is 81.8 Å². The highest BCUT2D eigenvalue weighted by Gasteiger charge is 2.13. The van der Waals surface area contributed by atoms with Crippen molar-refractivity contribution in [1.29, 1.82) is 0 Å². The van der Waals surface area contributed by atoms with Gasteiger partial charge in [0, 0.05) is 7.05 Å². The van der Waals surface area contributed by atoms with Crippen LogP contribution in [0.5, 0.6) is 0 Å². The van der Waals surface area contributed by atoms with Crippen LogP contribution in [0.15, 0.2) is 19.0 Å². The van der Waals surface area contributed by atoms with Gasteiger partial charge in [0.25, 0.3) is 0 Å². The molecular weight excluding hydrogens is 182 g/mol. The number of carbonyl (C=O) groups is 1. The molecule has 14 heavy (non-hydrogen) atoms. The van der Waals surface area contributed by atoms with E-state index in [9.17, 15) is 4.79 Å². The zero-order valence-electron chi connectivity index (χ0n) is 7.97. The largest absolute Gasteiger partial charge is 0.320 e. The molecule has 0 aliphatic heterocycles. The second-order valence-corrected chi connectivity index (χ2v) is 2.83. The quantitative estimate of drug-likeness (QED) is 0.643. The minimum atomic E-state index is -0.593. The van der Waals surface area contributed by atoms with Crippen molar-refractivity contribution in [2.45, 2.75) is 12.5 Å². The third-order valence-electron chi connectivity index (χ3n) is 1.70. The SMILES string of the molecule is C=CCC(N)C(=O)Nc1ncnn1C. The number of rotatable bonds is 4. The third kappa shape index (κ3) is 2.40. The lowest BCUT2D eigenvalue weighted by Crippen LogP contribution is -2.35. The molecule has 6 nitrogen and oxygen atoms in total. The van der Waals surface area contributed by atoms with Gasteiger partial charge in [0.1, 0.15) is 6.33 Å². The second kappa shape index (κ2) is 4.52. The Morgan fingerprint density at radius 1 is 1.93 bits per heavy atom. The van der Waals surface area contributed by atoms with Crippen LogP contribution in [0.1, 0.15) is 6.42 Å². The van der Waals surface area contributed by atoms with E-state index < -0.39 is 6.04 Å². The number of hydrogen-bond donors (Lipinski definition) is 2. The van der Waals surface area contributed by atoms with Gasteiger partial charge >= 0.3 is 0 Å². The maximum atomic E-state index is 11.4. The van der Waals surface area contributed by atoms with Crippen molar-refractivity contribution in [1.82, 2.24) is 14.8 Å². The van der Waals surface area contributed by atoms with E-state index in [-0.39, 0.29) is 5.91 Å². The van der Waals surface area contributed by atoms with Crippen molar-refractivity contribution < 1.29 is 4.79 Å². The fraction of sp³-hybridized carbons (Fsp3) is 0.375. The average Bonchev–Trinajstić information content (AvgIpc) is 2.52. The first-order chi connectivity index (χ1) is 6.65. The molecule has 1 aromatic rings. The molecule has 1 rings (SSSR count). The number of nitrogens with two attached hydrogens (primary N) is 1. The maximum absolute atomic E-state index is 11.4. The van der Waals surface area contributed by atoms with Crippen molar-refractivity contribution in [3.8, 4) is 0 Å². The highest BCUT2D eigenvalue weighted by atomic mass is 16.2. The Balaban J connectivity index is 2.57. The topological polar surface area (TPSA) is 85.8 Å². The maximum Gasteiger partial charge on any atom is 0.243 e. The van der Waals surface area contributed by atoms with Gasteiger partial charge in [-0.2, -0.15) is 10.1 Å². The normalized spacial score (nSPS) is 12.1. The average molecular weight is 195 g/mol. The van der Waals surface area contributed by atoms with Gasteiger partial charge in [-0.3, -0.25) is 10.1 Å². The van der Waals surface area contributed by atoms with Gasteiger partial charge in [-0.15, -0.1) is 6.58 Å². The van der Waals surface area contributed by atoms with E-state index >= 15 is 0 Å². The third-order valence-corrected chi connectivity index (χ3v) is 1.70. The van der Waals surface area contributed by atoms with Crippen LogP contribution in [0.2, 0.25) is 0 Å². The van der Waals surface area contributed by atoms with Crippen LogP contribution in [-0.2, 0) is 11.8 Å². The van der Waals surface area contributed by atoms with E-state index in [0.29, 0.717) is 12.4 Å². The van der Waals surface area contributed by atoms with Crippen molar-refractivity contribution in [3.63, 3.8) is 0 Å². The second-order valence-electron chi connectivity index (χ2n) is 2.83. The standard InChI is InChI=1S/C8H13N5O/c1-3-4-6(9)7(14)12-8-10-5-11-13(8)2/h3,5-6H,1,4,9H2,2H3,(H,10,11,12,14). The summed E-state index contributed by atoms with van der Waals surface area (Å²) >= 11 is 0. The van der Waals surface area contributed by atoms with Crippen LogP contribution in [0.3, 0.4) is 0 Å². The zero-order chi connectivity index (χ0) is 10.6. The van der Waals surface area contributed by atoms with Gasteiger partial charge < -0.3 is 5.73 Å². The lowest BCUT2D eigenvalue weighted by Gasteiger charge is -2.08. The molecule has 0 bridgehead atoms. The predicted octanol–water partition coefficient (Wildman–Crippen LogP) is -0.343. The first kappa shape index (κ1) is 10.4. The van der Waals surface area contributed by atoms with Crippen molar-refractivity contribution in [2.75, 3.05) is 5.32 Å². The van der Waals surface area contributed by atoms with E-state index in [1.165, 1.54) is 11.0 Å². The molecule has 0 fully saturated rings. The summed E-state index contributed by atoms with van der Waals surface area (Å²) in [7, 11) is 1.68. The van der Waals surface area contributed by atoms with Gasteiger partial charge in [0.05, 0.1) is 6.04 Å². The number of hydrogen-bond acceptors (Lipinski definition) is 4. The summed E-state index contributed by atoms with van der Waals surface area (Å²) in [5.74, 6) is 0.0931. The van der Waals surface area contributed by atoms with Crippen LogP contribution in [0, 0.1) is 0 Å². The van der Waals surface area contributed by atoms with Crippen molar-refractivity contribution >= 4 is 11.9 Å². The van der Waals surface area contributed by atoms with Crippen LogP contribution in [0.4, 0.5) is 5.95 Å². The molecule has 6 heteroatoms. The fourth-order valence-corrected chi connectivity index (χ4v) is 0.899. The fourth-order valence-electron chi connectivity index (χ4n) is 0.899. The number of carbonyl (C=O) groups excluding carboxylic acids is 1. The number of amides is 1. The molecule has 1 atom stereocenters. The summed E-state index contributed by atoms with van der Waals surface area (Å²) in [6.45, 7) is 3.50. The Morgan fingerprint density at radius 2 is 2.64 bits per heavy atom. The molecule has 76 valence electrons. The van der Waals surface area contributed by atoms with Crippen molar-refractivity contribution in [3.05, 3.63) is 19.0 Å². The van der Waals surface area contributed by atoms with E-state index in [1.54, 1.807) is 13.1 Å². The molecule has 0 aliphatic carbocycles.